The Morgan fingerprint density at radius 2 is 0.465 bits per heavy atom. The van der Waals surface area contributed by atoms with Gasteiger partial charge < -0.3 is 29.9 Å². The fraction of sp³-hybridized carbons (Fsp3) is 0.125. The van der Waals surface area contributed by atoms with Crippen LogP contribution in [0, 0.1) is 23.7 Å². The van der Waals surface area contributed by atoms with E-state index in [2.05, 4.69) is 432 Å². The Morgan fingerprint density at radius 1 is 0.204 bits per heavy atom. The maximum Gasteiger partial charge on any atom is 2.00 e. The first kappa shape index (κ1) is 92.3. The van der Waals surface area contributed by atoms with Crippen molar-refractivity contribution in [1.82, 2.24) is 59.8 Å². The second-order valence-electron chi connectivity index (χ2n) is 40.6. The van der Waals surface area contributed by atoms with Crippen LogP contribution in [0.15, 0.2) is 291 Å². The van der Waals surface area contributed by atoms with Gasteiger partial charge in [-0.3, -0.25) is 0 Å². The fourth-order valence-electron chi connectivity index (χ4n) is 19.3. The van der Waals surface area contributed by atoms with Gasteiger partial charge in [0.25, 0.3) is 0 Å². The maximum atomic E-state index is 5.91. The molecule has 0 saturated carbocycles. The van der Waals surface area contributed by atoms with Crippen molar-refractivity contribution >= 4 is 139 Å². The molecular weight excluding hydrogens is 1840 g/mol. The molecule has 6 aliphatic heterocycles. The summed E-state index contributed by atoms with van der Waals surface area (Å²) in [5, 5.41) is 0. The van der Waals surface area contributed by atoms with Gasteiger partial charge in [-0.05, 0) is 238 Å². The van der Waals surface area contributed by atoms with Crippen molar-refractivity contribution in [1.29, 1.82) is 0 Å². The predicted molar refractivity (Wildman–Crippen MR) is 583 cm³/mol. The molecule has 6 aliphatic rings. The van der Waals surface area contributed by atoms with E-state index in [9.17, 15) is 0 Å². The zero-order chi connectivity index (χ0) is 95.5. The van der Waals surface area contributed by atoms with E-state index in [0.717, 1.165) is 223 Å². The second kappa shape index (κ2) is 36.9. The molecule has 674 valence electrons. The molecule has 0 spiro atoms. The van der Waals surface area contributed by atoms with Crippen LogP contribution in [0.2, 0.25) is 0 Å². The van der Waals surface area contributed by atoms with Gasteiger partial charge in [-0.1, -0.05) is 349 Å². The van der Waals surface area contributed by atoms with Crippen LogP contribution in [0.25, 0.3) is 228 Å². The number of hydrogen-bond donors (Lipinski definition) is 2. The molecule has 2 N–H and O–H groups in total. The van der Waals surface area contributed by atoms with Crippen molar-refractivity contribution in [3.63, 3.8) is 0 Å². The Hall–Kier alpha value is -16.1. The molecular formula is C128H98N12Zn2. The van der Waals surface area contributed by atoms with Crippen molar-refractivity contribution in [2.24, 2.45) is 0 Å². The van der Waals surface area contributed by atoms with Crippen molar-refractivity contribution in [3.05, 3.63) is 404 Å². The van der Waals surface area contributed by atoms with Crippen LogP contribution in [0.4, 0.5) is 0 Å². The summed E-state index contributed by atoms with van der Waals surface area (Å²) < 4.78 is 0. The van der Waals surface area contributed by atoms with E-state index in [1.807, 2.05) is 48.5 Å². The number of nitrogens with zero attached hydrogens (tertiary/aromatic N) is 10. The molecule has 15 heterocycles. The van der Waals surface area contributed by atoms with E-state index < -0.39 is 0 Å². The number of nitrogens with one attached hydrogen (secondary N) is 2. The molecule has 0 fully saturated rings. The van der Waals surface area contributed by atoms with E-state index in [1.54, 1.807) is 0 Å². The van der Waals surface area contributed by atoms with Crippen LogP contribution in [0.3, 0.4) is 0 Å². The summed E-state index contributed by atoms with van der Waals surface area (Å²) in [5.74, 6) is 14.9. The molecule has 0 aliphatic carbocycles. The molecule has 24 bridgehead atoms. The molecule has 17 aromatic rings. The Morgan fingerprint density at radius 3 is 0.831 bits per heavy atom. The zero-order valence-corrected chi connectivity index (χ0v) is 87.5. The van der Waals surface area contributed by atoms with Crippen molar-refractivity contribution in [2.75, 3.05) is 0 Å². The number of hydrogen-bond acceptors (Lipinski definition) is 6. The van der Waals surface area contributed by atoms with Crippen LogP contribution in [0.1, 0.15) is 196 Å². The molecule has 9 aromatic heterocycles. The molecule has 23 rings (SSSR count). The number of benzene rings is 8. The quantitative estimate of drug-likeness (QED) is 0.110. The summed E-state index contributed by atoms with van der Waals surface area (Å²) in [6.07, 6.45) is 25.3. The van der Waals surface area contributed by atoms with Crippen LogP contribution in [0.5, 0.6) is 0 Å². The molecule has 14 heteroatoms. The van der Waals surface area contributed by atoms with Crippen LogP contribution < -0.4 is 19.9 Å². The van der Waals surface area contributed by atoms with E-state index in [4.69, 9.17) is 49.8 Å². The Kier molecular flexibility index (Phi) is 24.0. The van der Waals surface area contributed by atoms with Crippen molar-refractivity contribution in [3.8, 4) is 113 Å². The summed E-state index contributed by atoms with van der Waals surface area (Å²) in [6.45, 7) is 27.5. The van der Waals surface area contributed by atoms with Crippen LogP contribution in [-0.4, -0.2) is 39.9 Å². The van der Waals surface area contributed by atoms with Gasteiger partial charge in [-0.15, -0.1) is 44.1 Å². The number of aromatic nitrogens is 12. The zero-order valence-electron chi connectivity index (χ0n) is 81.5. The topological polar surface area (TPSA) is 165 Å². The summed E-state index contributed by atoms with van der Waals surface area (Å²) >= 11 is 0. The van der Waals surface area contributed by atoms with Gasteiger partial charge in [0.2, 0.25) is 0 Å². The minimum atomic E-state index is -0.210. The first-order valence-corrected chi connectivity index (χ1v) is 47.8. The number of rotatable bonds is 8. The first-order valence-electron chi connectivity index (χ1n) is 47.8. The van der Waals surface area contributed by atoms with Gasteiger partial charge in [-0.25, -0.2) is 29.9 Å². The van der Waals surface area contributed by atoms with Gasteiger partial charge >= 0.3 is 39.0 Å². The predicted octanol–water partition coefficient (Wildman–Crippen LogP) is 30.4. The molecule has 142 heavy (non-hydrogen) atoms. The molecule has 8 aromatic carbocycles. The third-order valence-electron chi connectivity index (χ3n) is 26.8. The second-order valence-corrected chi connectivity index (χ2v) is 40.6. The molecule has 0 atom stereocenters. The largest absolute Gasteiger partial charge is 2.00 e. The van der Waals surface area contributed by atoms with Gasteiger partial charge in [-0.2, -0.15) is 0 Å². The van der Waals surface area contributed by atoms with E-state index >= 15 is 0 Å². The van der Waals surface area contributed by atoms with Crippen molar-refractivity contribution in [2.45, 2.75) is 105 Å². The van der Waals surface area contributed by atoms with E-state index in [0.29, 0.717) is 22.5 Å². The summed E-state index contributed by atoms with van der Waals surface area (Å²) in [6, 6.07) is 102. The third-order valence-corrected chi connectivity index (χ3v) is 26.8. The average molecular weight is 1940 g/mol. The number of fused-ring (bicyclic) bond motifs is 24. The van der Waals surface area contributed by atoms with Gasteiger partial charge in [0.1, 0.15) is 0 Å². The minimum absolute atomic E-state index is 0. The molecule has 0 saturated heterocycles. The molecule has 12 nitrogen and oxygen atoms in total. The smallest absolute Gasteiger partial charge is 0.657 e. The Balaban J connectivity index is 0.00000596. The van der Waals surface area contributed by atoms with Crippen LogP contribution in [-0.2, 0) is 60.6 Å². The van der Waals surface area contributed by atoms with Gasteiger partial charge in [0.05, 0.1) is 79.4 Å². The Bertz CT molecular complexity index is 8710. The molecule has 0 amide bonds. The van der Waals surface area contributed by atoms with E-state index in [1.165, 1.54) is 22.3 Å². The molecule has 0 radical (unpaired) electrons. The number of aromatic amines is 2. The monoisotopic (exact) mass is 1930 g/mol. The fourth-order valence-corrected chi connectivity index (χ4v) is 19.3. The standard InChI is InChI=1S/C128H98N12.2Zn/c1-125(2,3)87-69-85(70-88(73-87)126(4,5)6)123-113-59-55-99(135-113)96(48-38-78-33-39-83(40-34-78)121-109-63-61-107(137-109)119(81-29-21-15-22-30-81)103-51-45-93(131-103)76-94-46-52-104(132-94)120(82-31-23-16-24-32-82)108-62-64-110(121)138-108)100-56-60-114(136-100)124(86-71-89(127(7,8)9)74-90(72-86)128(10,11)12)116-68-66-112(140-116)122(111-65-67-115(123)139-111)84-41-35-77(36-42-84)37-47-95-97-53-57-105(133-97)117(79-25-17-13-18-26-79)101-49-43-91(129-101)75-92-44-50-102(130-92)118(80-27-19-14-20-28-80)106-58-54-98(95)134-106;;/h13-36,39-46,49-76,135,140H,1-12H3;;/q-4;2*+2. The third kappa shape index (κ3) is 18.1. The van der Waals surface area contributed by atoms with Gasteiger partial charge in [0.15, 0.2) is 0 Å². The molecule has 0 unspecified atom stereocenters. The Labute approximate surface area is 852 Å². The first-order chi connectivity index (χ1) is 67.8. The SMILES string of the molecule is CC(C)(C)c1cc(-c2c3nc(c(-c4ccc(C#Cc5c6nc(c(-c7ccccc7)c7ccc(cc8nc(c(-c9ccccc9)c9ccc5[n-]9)C=C8)[n-]7)C=C6)cc4)c4ccc([nH]4)c(-c4cc(C(C)(C)C)cc(C(C)(C)C)c4)c4nc(c(C#Cc5ccc(-c6c7nc(c(-c8ccccc8)c8ccc(cc9nc(c(-c%10ccccc%10)c%10ccc6[n-]%10)C=C9)[n-]8)C=C7)cc5)c5ccc2[nH]5)C=C4)C=C3)cc(C(C)(C)C)c1.[Zn+2].[Zn+2]. The van der Waals surface area contributed by atoms with Crippen LogP contribution >= 0.6 is 0 Å². The van der Waals surface area contributed by atoms with Crippen molar-refractivity contribution < 1.29 is 39.0 Å². The summed E-state index contributed by atoms with van der Waals surface area (Å²) in [7, 11) is 0. The summed E-state index contributed by atoms with van der Waals surface area (Å²) in [4.78, 5) is 62.8. The summed E-state index contributed by atoms with van der Waals surface area (Å²) in [5.41, 5.74) is 41.3. The normalized spacial score (nSPS) is 12.5. The van der Waals surface area contributed by atoms with Gasteiger partial charge in [0, 0.05) is 49.9 Å². The minimum Gasteiger partial charge on any atom is -0.657 e. The number of H-pyrrole nitrogens is 2. The van der Waals surface area contributed by atoms with E-state index in [-0.39, 0.29) is 60.6 Å². The maximum absolute atomic E-state index is 5.91. The average Bonchev–Trinajstić information content (AvgIpc) is 1.58.